The van der Waals surface area contributed by atoms with Crippen molar-refractivity contribution in [3.63, 3.8) is 0 Å². The summed E-state index contributed by atoms with van der Waals surface area (Å²) in [6.45, 7) is 2.05. The SMILES string of the molecule is CO[C@H]1CO[C@@H](Oc2cccc3ccc(C)nc23)[C@@H](O)[C@H]1O. The molecule has 0 saturated carbocycles. The van der Waals surface area contributed by atoms with Crippen LogP contribution in [0.3, 0.4) is 0 Å². The van der Waals surface area contributed by atoms with E-state index in [0.717, 1.165) is 11.1 Å². The number of aryl methyl sites for hydroxylation is 1. The van der Waals surface area contributed by atoms with Crippen molar-refractivity contribution in [3.05, 3.63) is 36.0 Å². The van der Waals surface area contributed by atoms with E-state index in [1.165, 1.54) is 7.11 Å². The molecule has 0 amide bonds. The van der Waals surface area contributed by atoms with Gasteiger partial charge in [-0.1, -0.05) is 18.2 Å². The number of ether oxygens (including phenoxy) is 3. The minimum atomic E-state index is -1.20. The number of para-hydroxylation sites is 1. The van der Waals surface area contributed by atoms with E-state index in [2.05, 4.69) is 4.98 Å². The molecular formula is C16H19NO5. The van der Waals surface area contributed by atoms with Gasteiger partial charge in [-0.05, 0) is 19.1 Å². The molecule has 2 N–H and O–H groups in total. The summed E-state index contributed by atoms with van der Waals surface area (Å²) >= 11 is 0. The van der Waals surface area contributed by atoms with Crippen molar-refractivity contribution in [1.82, 2.24) is 4.98 Å². The fourth-order valence-electron chi connectivity index (χ4n) is 2.52. The van der Waals surface area contributed by atoms with Crippen LogP contribution in [0.5, 0.6) is 5.75 Å². The topological polar surface area (TPSA) is 81.0 Å². The summed E-state index contributed by atoms with van der Waals surface area (Å²) in [5.41, 5.74) is 1.56. The molecule has 1 aromatic carbocycles. The van der Waals surface area contributed by atoms with Crippen molar-refractivity contribution in [2.45, 2.75) is 31.5 Å². The third kappa shape index (κ3) is 2.78. The lowest BCUT2D eigenvalue weighted by Gasteiger charge is -2.36. The van der Waals surface area contributed by atoms with Crippen LogP contribution in [0.25, 0.3) is 10.9 Å². The highest BCUT2D eigenvalue weighted by atomic mass is 16.7. The van der Waals surface area contributed by atoms with Crippen molar-refractivity contribution in [2.24, 2.45) is 0 Å². The molecule has 1 aliphatic rings. The Bertz CT molecular complexity index is 662. The smallest absolute Gasteiger partial charge is 0.229 e. The lowest BCUT2D eigenvalue weighted by Crippen LogP contribution is -2.55. The molecule has 6 heteroatoms. The van der Waals surface area contributed by atoms with Crippen LogP contribution in [0.4, 0.5) is 0 Å². The molecule has 1 aromatic heterocycles. The van der Waals surface area contributed by atoms with Crippen molar-refractivity contribution in [2.75, 3.05) is 13.7 Å². The Morgan fingerprint density at radius 1 is 1.18 bits per heavy atom. The number of aliphatic hydroxyl groups excluding tert-OH is 2. The first kappa shape index (κ1) is 15.2. The Kier molecular flexibility index (Phi) is 4.26. The standard InChI is InChI=1S/C16H19NO5/c1-9-6-7-10-4-3-5-11(13(10)17-9)22-16-15(19)14(18)12(20-2)8-21-16/h3-7,12,14-16,18-19H,8H2,1-2H3/t12-,14-,15-,16-/m0/s1. The van der Waals surface area contributed by atoms with Gasteiger partial charge in [-0.3, -0.25) is 0 Å². The number of hydrogen-bond donors (Lipinski definition) is 2. The van der Waals surface area contributed by atoms with Crippen molar-refractivity contribution in [1.29, 1.82) is 0 Å². The maximum Gasteiger partial charge on any atom is 0.229 e. The Morgan fingerprint density at radius 2 is 2.00 bits per heavy atom. The minimum absolute atomic E-state index is 0.149. The van der Waals surface area contributed by atoms with Crippen LogP contribution >= 0.6 is 0 Å². The summed E-state index contributed by atoms with van der Waals surface area (Å²) in [6, 6.07) is 9.42. The first-order chi connectivity index (χ1) is 10.6. The van der Waals surface area contributed by atoms with Gasteiger partial charge < -0.3 is 24.4 Å². The number of nitrogens with zero attached hydrogens (tertiary/aromatic N) is 1. The monoisotopic (exact) mass is 305 g/mol. The van der Waals surface area contributed by atoms with Crippen LogP contribution in [0.15, 0.2) is 30.3 Å². The zero-order valence-corrected chi connectivity index (χ0v) is 12.5. The summed E-state index contributed by atoms with van der Waals surface area (Å²) in [6.07, 6.45) is -3.79. The molecule has 2 heterocycles. The molecule has 0 radical (unpaired) electrons. The van der Waals surface area contributed by atoms with Crippen molar-refractivity contribution >= 4 is 10.9 Å². The molecule has 4 atom stereocenters. The molecule has 22 heavy (non-hydrogen) atoms. The largest absolute Gasteiger partial charge is 0.460 e. The van der Waals surface area contributed by atoms with E-state index in [1.54, 1.807) is 6.07 Å². The average molecular weight is 305 g/mol. The Balaban J connectivity index is 1.86. The predicted molar refractivity (Wildman–Crippen MR) is 79.7 cm³/mol. The van der Waals surface area contributed by atoms with Crippen LogP contribution in [0, 0.1) is 6.92 Å². The van der Waals surface area contributed by atoms with E-state index >= 15 is 0 Å². The van der Waals surface area contributed by atoms with Gasteiger partial charge in [-0.25, -0.2) is 4.98 Å². The van der Waals surface area contributed by atoms with Crippen LogP contribution in [0.2, 0.25) is 0 Å². The lowest BCUT2D eigenvalue weighted by atomic mass is 10.1. The summed E-state index contributed by atoms with van der Waals surface area (Å²) in [7, 11) is 1.46. The van der Waals surface area contributed by atoms with Gasteiger partial charge in [-0.15, -0.1) is 0 Å². The summed E-state index contributed by atoms with van der Waals surface area (Å²) in [5, 5.41) is 21.1. The Hall–Kier alpha value is -1.73. The Morgan fingerprint density at radius 3 is 2.77 bits per heavy atom. The average Bonchev–Trinajstić information content (AvgIpc) is 2.52. The highest BCUT2D eigenvalue weighted by molar-refractivity contribution is 5.84. The van der Waals surface area contributed by atoms with Crippen molar-refractivity contribution in [3.8, 4) is 5.75 Å². The molecule has 6 nitrogen and oxygen atoms in total. The van der Waals surface area contributed by atoms with Gasteiger partial charge in [-0.2, -0.15) is 0 Å². The van der Waals surface area contributed by atoms with Gasteiger partial charge in [0.2, 0.25) is 6.29 Å². The second-order valence-corrected chi connectivity index (χ2v) is 5.36. The number of aliphatic hydroxyl groups is 2. The number of hydrogen-bond acceptors (Lipinski definition) is 6. The minimum Gasteiger partial charge on any atom is -0.460 e. The first-order valence-corrected chi connectivity index (χ1v) is 7.13. The van der Waals surface area contributed by atoms with Gasteiger partial charge in [0.05, 0.1) is 6.61 Å². The molecule has 1 saturated heterocycles. The van der Waals surface area contributed by atoms with E-state index in [9.17, 15) is 10.2 Å². The van der Waals surface area contributed by atoms with E-state index in [1.807, 2.05) is 31.2 Å². The highest BCUT2D eigenvalue weighted by Crippen LogP contribution is 2.27. The summed E-state index contributed by atoms with van der Waals surface area (Å²) < 4.78 is 16.3. The maximum atomic E-state index is 10.1. The fourth-order valence-corrected chi connectivity index (χ4v) is 2.52. The van der Waals surface area contributed by atoms with E-state index in [0.29, 0.717) is 11.3 Å². The maximum absolute atomic E-state index is 10.1. The van der Waals surface area contributed by atoms with Crippen LogP contribution in [-0.4, -0.2) is 53.5 Å². The van der Waals surface area contributed by atoms with Crippen LogP contribution in [-0.2, 0) is 9.47 Å². The number of rotatable bonds is 3. The zero-order chi connectivity index (χ0) is 15.7. The number of benzene rings is 1. The second kappa shape index (κ2) is 6.18. The molecule has 2 aromatic rings. The normalized spacial score (nSPS) is 28.7. The molecule has 3 rings (SSSR count). The Labute approximate surface area is 128 Å². The van der Waals surface area contributed by atoms with Crippen LogP contribution < -0.4 is 4.74 Å². The summed E-state index contributed by atoms with van der Waals surface area (Å²) in [4.78, 5) is 4.47. The third-order valence-corrected chi connectivity index (χ3v) is 3.80. The molecule has 118 valence electrons. The van der Waals surface area contributed by atoms with Crippen LogP contribution in [0.1, 0.15) is 5.69 Å². The molecule has 0 aliphatic carbocycles. The van der Waals surface area contributed by atoms with Gasteiger partial charge >= 0.3 is 0 Å². The third-order valence-electron chi connectivity index (χ3n) is 3.80. The number of pyridine rings is 1. The number of methoxy groups -OCH3 is 1. The van der Waals surface area contributed by atoms with Gasteiger partial charge in [0.1, 0.15) is 29.6 Å². The lowest BCUT2D eigenvalue weighted by molar-refractivity contribution is -0.246. The van der Waals surface area contributed by atoms with Gasteiger partial charge in [0.25, 0.3) is 0 Å². The molecule has 0 unspecified atom stereocenters. The molecular weight excluding hydrogens is 286 g/mol. The predicted octanol–water partition coefficient (Wildman–Crippen LogP) is 1.02. The molecule has 1 fully saturated rings. The zero-order valence-electron chi connectivity index (χ0n) is 12.5. The van der Waals surface area contributed by atoms with E-state index in [4.69, 9.17) is 14.2 Å². The van der Waals surface area contributed by atoms with Gasteiger partial charge in [0, 0.05) is 18.2 Å². The first-order valence-electron chi connectivity index (χ1n) is 7.13. The molecule has 1 aliphatic heterocycles. The van der Waals surface area contributed by atoms with E-state index < -0.39 is 24.6 Å². The molecule has 0 spiro atoms. The second-order valence-electron chi connectivity index (χ2n) is 5.36. The fraction of sp³-hybridized carbons (Fsp3) is 0.438. The number of fused-ring (bicyclic) bond motifs is 1. The van der Waals surface area contributed by atoms with Crippen molar-refractivity contribution < 1.29 is 24.4 Å². The summed E-state index contributed by atoms with van der Waals surface area (Å²) in [5.74, 6) is 0.508. The van der Waals surface area contributed by atoms with E-state index in [-0.39, 0.29) is 6.61 Å². The van der Waals surface area contributed by atoms with Gasteiger partial charge in [0.15, 0.2) is 0 Å². The molecule has 0 bridgehead atoms. The highest BCUT2D eigenvalue weighted by Gasteiger charge is 2.40. The number of aromatic nitrogens is 1. The quantitative estimate of drug-likeness (QED) is 0.881.